The van der Waals surface area contributed by atoms with E-state index in [4.69, 9.17) is 11.6 Å². The smallest absolute Gasteiger partial charge is 0.257 e. The largest absolute Gasteiger partial charge is 0.508 e. The molecule has 0 saturated heterocycles. The van der Waals surface area contributed by atoms with Crippen LogP contribution in [-0.4, -0.2) is 16.0 Å². The summed E-state index contributed by atoms with van der Waals surface area (Å²) in [6.45, 7) is 3.64. The summed E-state index contributed by atoms with van der Waals surface area (Å²) >= 11 is 5.94. The molecule has 0 saturated carbocycles. The molecule has 0 unspecified atom stereocenters. The molecule has 0 radical (unpaired) electrons. The van der Waals surface area contributed by atoms with E-state index in [1.54, 1.807) is 25.1 Å². The average molecular weight is 277 g/mol. The Labute approximate surface area is 116 Å². The number of carbonyl (C=O) groups is 1. The molecule has 0 fully saturated rings. The summed E-state index contributed by atoms with van der Waals surface area (Å²) in [5.41, 5.74) is 2.46. The predicted molar refractivity (Wildman–Crippen MR) is 74.8 cm³/mol. The number of pyridine rings is 1. The van der Waals surface area contributed by atoms with Crippen LogP contribution in [0, 0.1) is 13.8 Å². The number of amides is 1. The van der Waals surface area contributed by atoms with Crippen LogP contribution in [0.4, 0.5) is 5.69 Å². The van der Waals surface area contributed by atoms with Crippen molar-refractivity contribution in [1.82, 2.24) is 4.98 Å². The number of rotatable bonds is 2. The Bertz CT molecular complexity index is 641. The molecule has 1 amide bonds. The van der Waals surface area contributed by atoms with Gasteiger partial charge in [0.05, 0.1) is 22.0 Å². The Balaban J connectivity index is 2.25. The van der Waals surface area contributed by atoms with Gasteiger partial charge in [-0.1, -0.05) is 11.6 Å². The number of aromatic nitrogens is 1. The average Bonchev–Trinajstić information content (AvgIpc) is 2.32. The van der Waals surface area contributed by atoms with Crippen molar-refractivity contribution in [2.24, 2.45) is 0 Å². The quantitative estimate of drug-likeness (QED) is 0.827. The molecular formula is C14H13ClN2O2. The molecule has 19 heavy (non-hydrogen) atoms. The molecule has 5 heteroatoms. The number of halogens is 1. The van der Waals surface area contributed by atoms with Crippen molar-refractivity contribution in [2.75, 3.05) is 5.32 Å². The maximum absolute atomic E-state index is 12.1. The van der Waals surface area contributed by atoms with E-state index < -0.39 is 0 Å². The topological polar surface area (TPSA) is 62.2 Å². The Morgan fingerprint density at radius 3 is 2.63 bits per heavy atom. The number of phenolic OH excluding ortho intramolecular Hbond substituents is 1. The first-order valence-corrected chi connectivity index (χ1v) is 6.09. The van der Waals surface area contributed by atoms with Crippen LogP contribution >= 0.6 is 11.6 Å². The lowest BCUT2D eigenvalue weighted by molar-refractivity contribution is 0.102. The Kier molecular flexibility index (Phi) is 3.71. The van der Waals surface area contributed by atoms with Gasteiger partial charge in [-0.15, -0.1) is 0 Å². The van der Waals surface area contributed by atoms with E-state index in [9.17, 15) is 9.90 Å². The molecule has 2 aromatic rings. The molecule has 1 aromatic heterocycles. The normalized spacial score (nSPS) is 10.3. The summed E-state index contributed by atoms with van der Waals surface area (Å²) in [7, 11) is 0. The minimum atomic E-state index is -0.280. The number of anilines is 1. The van der Waals surface area contributed by atoms with Crippen LogP contribution in [0.5, 0.6) is 5.75 Å². The molecule has 1 aromatic carbocycles. The fourth-order valence-corrected chi connectivity index (χ4v) is 1.94. The monoisotopic (exact) mass is 276 g/mol. The van der Waals surface area contributed by atoms with Gasteiger partial charge in [-0.25, -0.2) is 0 Å². The lowest BCUT2D eigenvalue weighted by atomic mass is 10.1. The minimum absolute atomic E-state index is 0.0520. The zero-order valence-corrected chi connectivity index (χ0v) is 11.3. The van der Waals surface area contributed by atoms with Crippen LogP contribution in [0.15, 0.2) is 30.3 Å². The molecule has 0 atom stereocenters. The van der Waals surface area contributed by atoms with Crippen molar-refractivity contribution in [1.29, 1.82) is 0 Å². The van der Waals surface area contributed by atoms with Gasteiger partial charge in [-0.2, -0.15) is 0 Å². The fourth-order valence-electron chi connectivity index (χ4n) is 1.72. The second kappa shape index (κ2) is 5.28. The number of aromatic hydroxyl groups is 1. The molecular weight excluding hydrogens is 264 g/mol. The van der Waals surface area contributed by atoms with E-state index in [0.717, 1.165) is 5.69 Å². The van der Waals surface area contributed by atoms with E-state index in [-0.39, 0.29) is 16.7 Å². The summed E-state index contributed by atoms with van der Waals surface area (Å²) in [5, 5.41) is 12.2. The zero-order valence-electron chi connectivity index (χ0n) is 10.6. The molecule has 2 rings (SSSR count). The van der Waals surface area contributed by atoms with E-state index in [1.165, 1.54) is 12.1 Å². The SMILES string of the molecule is Cc1ccc(C(=O)Nc2ccc(O)cc2Cl)c(C)n1. The number of aryl methyl sites for hydroxylation is 2. The lowest BCUT2D eigenvalue weighted by Crippen LogP contribution is -2.14. The molecule has 98 valence electrons. The number of nitrogens with one attached hydrogen (secondary N) is 1. The van der Waals surface area contributed by atoms with Crippen LogP contribution < -0.4 is 5.32 Å². The van der Waals surface area contributed by atoms with Gasteiger partial charge in [0.1, 0.15) is 5.75 Å². The first kappa shape index (κ1) is 13.4. The standard InChI is InChI=1S/C14H13ClN2O2/c1-8-3-5-11(9(2)16-8)14(19)17-13-6-4-10(18)7-12(13)15/h3-7,18H,1-2H3,(H,17,19). The number of benzene rings is 1. The van der Waals surface area contributed by atoms with Gasteiger partial charge in [0.25, 0.3) is 5.91 Å². The summed E-state index contributed by atoms with van der Waals surface area (Å²) in [6, 6.07) is 7.88. The molecule has 0 spiro atoms. The summed E-state index contributed by atoms with van der Waals surface area (Å²) < 4.78 is 0. The van der Waals surface area contributed by atoms with Gasteiger partial charge in [0, 0.05) is 11.8 Å². The van der Waals surface area contributed by atoms with E-state index in [2.05, 4.69) is 10.3 Å². The highest BCUT2D eigenvalue weighted by Crippen LogP contribution is 2.26. The number of hydrogen-bond acceptors (Lipinski definition) is 3. The van der Waals surface area contributed by atoms with Crippen molar-refractivity contribution in [3.05, 3.63) is 52.3 Å². The van der Waals surface area contributed by atoms with Crippen LogP contribution in [0.3, 0.4) is 0 Å². The minimum Gasteiger partial charge on any atom is -0.508 e. The molecule has 0 aliphatic heterocycles. The maximum Gasteiger partial charge on any atom is 0.257 e. The van der Waals surface area contributed by atoms with Crippen molar-refractivity contribution >= 4 is 23.2 Å². The summed E-state index contributed by atoms with van der Waals surface area (Å²) in [4.78, 5) is 16.4. The zero-order chi connectivity index (χ0) is 14.0. The van der Waals surface area contributed by atoms with Crippen LogP contribution in [0.2, 0.25) is 5.02 Å². The first-order valence-electron chi connectivity index (χ1n) is 5.71. The molecule has 4 nitrogen and oxygen atoms in total. The number of phenols is 1. The second-order valence-corrected chi connectivity index (χ2v) is 4.61. The third-order valence-corrected chi connectivity index (χ3v) is 2.98. The third-order valence-electron chi connectivity index (χ3n) is 2.67. The van der Waals surface area contributed by atoms with Crippen LogP contribution in [-0.2, 0) is 0 Å². The van der Waals surface area contributed by atoms with Crippen LogP contribution in [0.1, 0.15) is 21.7 Å². The molecule has 2 N–H and O–H groups in total. The predicted octanol–water partition coefficient (Wildman–Crippen LogP) is 3.31. The van der Waals surface area contributed by atoms with E-state index in [1.807, 2.05) is 6.92 Å². The van der Waals surface area contributed by atoms with E-state index in [0.29, 0.717) is 16.9 Å². The van der Waals surface area contributed by atoms with Gasteiger partial charge in [-0.3, -0.25) is 9.78 Å². The molecule has 0 aliphatic rings. The van der Waals surface area contributed by atoms with Gasteiger partial charge in [0.15, 0.2) is 0 Å². The number of hydrogen-bond donors (Lipinski definition) is 2. The first-order chi connectivity index (χ1) is 8.97. The highest BCUT2D eigenvalue weighted by molar-refractivity contribution is 6.34. The lowest BCUT2D eigenvalue weighted by Gasteiger charge is -2.09. The van der Waals surface area contributed by atoms with Gasteiger partial charge in [0.2, 0.25) is 0 Å². The highest BCUT2D eigenvalue weighted by Gasteiger charge is 2.12. The number of carbonyl (C=O) groups excluding carboxylic acids is 1. The van der Waals surface area contributed by atoms with Crippen molar-refractivity contribution in [3.63, 3.8) is 0 Å². The molecule has 0 aliphatic carbocycles. The van der Waals surface area contributed by atoms with Gasteiger partial charge < -0.3 is 10.4 Å². The fraction of sp³-hybridized carbons (Fsp3) is 0.143. The summed E-state index contributed by atoms with van der Waals surface area (Å²) in [6.07, 6.45) is 0. The third kappa shape index (κ3) is 3.03. The Morgan fingerprint density at radius 2 is 2.00 bits per heavy atom. The molecule has 1 heterocycles. The van der Waals surface area contributed by atoms with Crippen molar-refractivity contribution in [3.8, 4) is 5.75 Å². The Morgan fingerprint density at radius 1 is 1.26 bits per heavy atom. The van der Waals surface area contributed by atoms with E-state index >= 15 is 0 Å². The Hall–Kier alpha value is -2.07. The highest BCUT2D eigenvalue weighted by atomic mass is 35.5. The van der Waals surface area contributed by atoms with Crippen LogP contribution in [0.25, 0.3) is 0 Å². The van der Waals surface area contributed by atoms with Crippen molar-refractivity contribution < 1.29 is 9.90 Å². The second-order valence-electron chi connectivity index (χ2n) is 4.20. The summed E-state index contributed by atoms with van der Waals surface area (Å²) in [5.74, 6) is -0.228. The maximum atomic E-state index is 12.1. The molecule has 0 bridgehead atoms. The van der Waals surface area contributed by atoms with Crippen molar-refractivity contribution in [2.45, 2.75) is 13.8 Å². The number of nitrogens with zero attached hydrogens (tertiary/aromatic N) is 1. The van der Waals surface area contributed by atoms with Gasteiger partial charge in [-0.05, 0) is 38.1 Å². The van der Waals surface area contributed by atoms with Gasteiger partial charge >= 0.3 is 0 Å².